The maximum absolute atomic E-state index is 5.97. The van der Waals surface area contributed by atoms with Gasteiger partial charge in [0.2, 0.25) is 0 Å². The molecule has 0 saturated heterocycles. The predicted molar refractivity (Wildman–Crippen MR) is 88.9 cm³/mol. The molecule has 0 amide bonds. The topological polar surface area (TPSA) is 29.9 Å². The van der Waals surface area contributed by atoms with Gasteiger partial charge in [0, 0.05) is 11.6 Å². The first-order chi connectivity index (χ1) is 10.2. The number of halogens is 1. The van der Waals surface area contributed by atoms with Gasteiger partial charge in [-0.3, -0.25) is 4.68 Å². The van der Waals surface area contributed by atoms with Gasteiger partial charge >= 0.3 is 0 Å². The number of hydrogen-bond donors (Lipinski definition) is 1. The van der Waals surface area contributed by atoms with Crippen molar-refractivity contribution in [2.24, 2.45) is 0 Å². The SMILES string of the molecule is CCNC(Cc1ccc(Cl)cc1)c1cc(CC)nn1CC. The number of likely N-dealkylation sites (N-methyl/N-ethyl adjacent to an activating group) is 1. The van der Waals surface area contributed by atoms with Gasteiger partial charge in [0.15, 0.2) is 0 Å². The van der Waals surface area contributed by atoms with Crippen molar-refractivity contribution in [2.45, 2.75) is 46.2 Å². The lowest BCUT2D eigenvalue weighted by Gasteiger charge is -2.19. The van der Waals surface area contributed by atoms with Gasteiger partial charge in [0.05, 0.1) is 17.4 Å². The highest BCUT2D eigenvalue weighted by atomic mass is 35.5. The summed E-state index contributed by atoms with van der Waals surface area (Å²) >= 11 is 5.97. The molecule has 0 saturated carbocycles. The van der Waals surface area contributed by atoms with Gasteiger partial charge in [-0.2, -0.15) is 5.10 Å². The van der Waals surface area contributed by atoms with E-state index in [0.717, 1.165) is 36.6 Å². The number of nitrogens with one attached hydrogen (secondary N) is 1. The highest BCUT2D eigenvalue weighted by Crippen LogP contribution is 2.21. The number of nitrogens with zero attached hydrogens (tertiary/aromatic N) is 2. The zero-order chi connectivity index (χ0) is 15.2. The zero-order valence-electron chi connectivity index (χ0n) is 13.1. The van der Waals surface area contributed by atoms with E-state index in [1.165, 1.54) is 11.3 Å². The average molecular weight is 306 g/mol. The molecule has 21 heavy (non-hydrogen) atoms. The van der Waals surface area contributed by atoms with Crippen LogP contribution in [0.2, 0.25) is 5.02 Å². The van der Waals surface area contributed by atoms with Crippen LogP contribution in [0.1, 0.15) is 43.8 Å². The van der Waals surface area contributed by atoms with Crippen molar-refractivity contribution in [1.82, 2.24) is 15.1 Å². The summed E-state index contributed by atoms with van der Waals surface area (Å²) in [5.41, 5.74) is 3.71. The Kier molecular flexibility index (Phi) is 5.83. The van der Waals surface area contributed by atoms with Gasteiger partial charge in [-0.25, -0.2) is 0 Å². The molecule has 1 atom stereocenters. The van der Waals surface area contributed by atoms with Crippen molar-refractivity contribution in [2.75, 3.05) is 6.54 Å². The molecule has 0 aliphatic heterocycles. The van der Waals surface area contributed by atoms with Gasteiger partial charge in [-0.05, 0) is 50.1 Å². The Balaban J connectivity index is 2.25. The molecular weight excluding hydrogens is 282 g/mol. The van der Waals surface area contributed by atoms with Crippen molar-refractivity contribution in [3.63, 3.8) is 0 Å². The maximum Gasteiger partial charge on any atom is 0.0625 e. The van der Waals surface area contributed by atoms with Crippen molar-refractivity contribution < 1.29 is 0 Å². The lowest BCUT2D eigenvalue weighted by atomic mass is 10.0. The van der Waals surface area contributed by atoms with E-state index < -0.39 is 0 Å². The fraction of sp³-hybridized carbons (Fsp3) is 0.471. The van der Waals surface area contributed by atoms with Gasteiger partial charge in [0.1, 0.15) is 0 Å². The molecule has 0 spiro atoms. The molecule has 0 fully saturated rings. The summed E-state index contributed by atoms with van der Waals surface area (Å²) in [6, 6.07) is 10.6. The molecule has 1 aromatic heterocycles. The first-order valence-corrected chi connectivity index (χ1v) is 8.10. The maximum atomic E-state index is 5.97. The van der Waals surface area contributed by atoms with Crippen molar-refractivity contribution >= 4 is 11.6 Å². The van der Waals surface area contributed by atoms with E-state index in [1.807, 2.05) is 12.1 Å². The Hall–Kier alpha value is -1.32. The van der Waals surface area contributed by atoms with Gasteiger partial charge in [0.25, 0.3) is 0 Å². The molecule has 2 aromatic rings. The lowest BCUT2D eigenvalue weighted by Crippen LogP contribution is -2.25. The normalized spacial score (nSPS) is 12.6. The Bertz CT molecular complexity index is 560. The van der Waals surface area contributed by atoms with Gasteiger partial charge in [-0.1, -0.05) is 37.6 Å². The minimum absolute atomic E-state index is 0.281. The summed E-state index contributed by atoms with van der Waals surface area (Å²) in [4.78, 5) is 0. The van der Waals surface area contributed by atoms with Crippen molar-refractivity contribution in [1.29, 1.82) is 0 Å². The molecule has 1 aromatic carbocycles. The summed E-state index contributed by atoms with van der Waals surface area (Å²) in [6.07, 6.45) is 1.92. The van der Waals surface area contributed by atoms with Crippen LogP contribution in [0.4, 0.5) is 0 Å². The number of hydrogen-bond acceptors (Lipinski definition) is 2. The van der Waals surface area contributed by atoms with Crippen LogP contribution >= 0.6 is 11.6 Å². The summed E-state index contributed by atoms with van der Waals surface area (Å²) in [5.74, 6) is 0. The molecule has 114 valence electrons. The van der Waals surface area contributed by atoms with Crippen LogP contribution in [0.5, 0.6) is 0 Å². The lowest BCUT2D eigenvalue weighted by molar-refractivity contribution is 0.489. The molecule has 2 rings (SSSR count). The Labute approximate surface area is 132 Å². The van der Waals surface area contributed by atoms with Crippen LogP contribution in [0, 0.1) is 0 Å². The zero-order valence-corrected chi connectivity index (χ0v) is 13.8. The molecule has 4 heteroatoms. The molecule has 0 aliphatic rings. The quantitative estimate of drug-likeness (QED) is 0.837. The smallest absolute Gasteiger partial charge is 0.0625 e. The number of aromatic nitrogens is 2. The molecular formula is C17H24ClN3. The van der Waals surface area contributed by atoms with Gasteiger partial charge in [-0.15, -0.1) is 0 Å². The molecule has 3 nitrogen and oxygen atoms in total. The standard InChI is InChI=1S/C17H24ClN3/c1-4-15-12-17(21(6-3)20-15)16(19-5-2)11-13-7-9-14(18)10-8-13/h7-10,12,16,19H,4-6,11H2,1-3H3. The third-order valence-electron chi connectivity index (χ3n) is 3.68. The van der Waals surface area contributed by atoms with Crippen LogP contribution in [-0.2, 0) is 19.4 Å². The summed E-state index contributed by atoms with van der Waals surface area (Å²) in [7, 11) is 0. The largest absolute Gasteiger partial charge is 0.309 e. The van der Waals surface area contributed by atoms with E-state index in [2.05, 4.69) is 54.1 Å². The van der Waals surface area contributed by atoms with E-state index in [0.29, 0.717) is 0 Å². The van der Waals surface area contributed by atoms with E-state index in [1.54, 1.807) is 0 Å². The Morgan fingerprint density at radius 3 is 2.48 bits per heavy atom. The average Bonchev–Trinajstić information content (AvgIpc) is 2.92. The molecule has 1 unspecified atom stereocenters. The third kappa shape index (κ3) is 4.08. The Morgan fingerprint density at radius 1 is 1.19 bits per heavy atom. The highest BCUT2D eigenvalue weighted by Gasteiger charge is 2.17. The van der Waals surface area contributed by atoms with Crippen LogP contribution in [-0.4, -0.2) is 16.3 Å². The molecule has 0 aliphatic carbocycles. The minimum atomic E-state index is 0.281. The van der Waals surface area contributed by atoms with Crippen LogP contribution < -0.4 is 5.32 Å². The summed E-state index contributed by atoms with van der Waals surface area (Å²) in [5, 5.41) is 9.02. The van der Waals surface area contributed by atoms with E-state index in [-0.39, 0.29) is 6.04 Å². The highest BCUT2D eigenvalue weighted by molar-refractivity contribution is 6.30. The fourth-order valence-electron chi connectivity index (χ4n) is 2.58. The molecule has 0 bridgehead atoms. The third-order valence-corrected chi connectivity index (χ3v) is 3.94. The molecule has 0 radical (unpaired) electrons. The predicted octanol–water partition coefficient (Wildman–Crippen LogP) is 4.01. The Morgan fingerprint density at radius 2 is 1.90 bits per heavy atom. The van der Waals surface area contributed by atoms with Crippen LogP contribution in [0.15, 0.2) is 30.3 Å². The second-order valence-corrected chi connectivity index (χ2v) is 5.61. The number of benzene rings is 1. The first-order valence-electron chi connectivity index (χ1n) is 7.72. The number of rotatable bonds is 7. The summed E-state index contributed by atoms with van der Waals surface area (Å²) < 4.78 is 2.11. The molecule has 1 N–H and O–H groups in total. The van der Waals surface area contributed by atoms with Crippen LogP contribution in [0.3, 0.4) is 0 Å². The van der Waals surface area contributed by atoms with Crippen molar-refractivity contribution in [3.8, 4) is 0 Å². The van der Waals surface area contributed by atoms with E-state index in [9.17, 15) is 0 Å². The van der Waals surface area contributed by atoms with E-state index in [4.69, 9.17) is 11.6 Å². The van der Waals surface area contributed by atoms with Crippen LogP contribution in [0.25, 0.3) is 0 Å². The second-order valence-electron chi connectivity index (χ2n) is 5.17. The van der Waals surface area contributed by atoms with Crippen molar-refractivity contribution in [3.05, 3.63) is 52.3 Å². The first kappa shape index (κ1) is 16.1. The molecule has 1 heterocycles. The minimum Gasteiger partial charge on any atom is -0.309 e. The van der Waals surface area contributed by atoms with E-state index >= 15 is 0 Å². The number of aryl methyl sites for hydroxylation is 2. The monoisotopic (exact) mass is 305 g/mol. The summed E-state index contributed by atoms with van der Waals surface area (Å²) in [6.45, 7) is 8.27. The fourth-order valence-corrected chi connectivity index (χ4v) is 2.70. The second kappa shape index (κ2) is 7.62. The van der Waals surface area contributed by atoms with Gasteiger partial charge < -0.3 is 5.32 Å².